The number of hydrogen-bond acceptors (Lipinski definition) is 3. The van der Waals surface area contributed by atoms with Crippen LogP contribution in [0, 0.1) is 5.92 Å². The van der Waals surface area contributed by atoms with Gasteiger partial charge in [-0.1, -0.05) is 50.6 Å². The van der Waals surface area contributed by atoms with Crippen molar-refractivity contribution in [1.29, 1.82) is 0 Å². The van der Waals surface area contributed by atoms with Crippen molar-refractivity contribution in [3.8, 4) is 0 Å². The molecule has 1 aliphatic rings. The van der Waals surface area contributed by atoms with Crippen LogP contribution in [0.5, 0.6) is 0 Å². The quantitative estimate of drug-likeness (QED) is 0.765. The highest BCUT2D eigenvalue weighted by molar-refractivity contribution is 5.88. The van der Waals surface area contributed by atoms with E-state index in [9.17, 15) is 9.59 Å². The third-order valence-corrected chi connectivity index (χ3v) is 4.84. The van der Waals surface area contributed by atoms with Gasteiger partial charge in [0.1, 0.15) is 12.6 Å². The van der Waals surface area contributed by atoms with Crippen LogP contribution in [-0.2, 0) is 19.7 Å². The average Bonchev–Trinajstić information content (AvgIpc) is 2.52. The van der Waals surface area contributed by atoms with Gasteiger partial charge in [-0.2, -0.15) is 0 Å². The molecular weight excluding hydrogens is 304 g/mol. The molecule has 1 aliphatic carbocycles. The Hall–Kier alpha value is -1.88. The lowest BCUT2D eigenvalue weighted by Crippen LogP contribution is -2.54. The van der Waals surface area contributed by atoms with Gasteiger partial charge in [0.15, 0.2) is 0 Å². The minimum Gasteiger partial charge on any atom is -0.375 e. The molecular formula is C19H28N2O3. The Bertz CT molecular complexity index is 553. The SMILES string of the molecule is COCC(=O)N[C@H](C(=O)NCC1(c2ccccc2)CCC1)C(C)C. The topological polar surface area (TPSA) is 67.4 Å². The van der Waals surface area contributed by atoms with Gasteiger partial charge in [0.05, 0.1) is 0 Å². The van der Waals surface area contributed by atoms with Crippen molar-refractivity contribution in [3.63, 3.8) is 0 Å². The molecule has 2 N–H and O–H groups in total. The molecule has 1 saturated carbocycles. The molecule has 1 atom stereocenters. The number of carbonyl (C=O) groups excluding carboxylic acids is 2. The van der Waals surface area contributed by atoms with Crippen molar-refractivity contribution < 1.29 is 14.3 Å². The molecule has 0 spiro atoms. The van der Waals surface area contributed by atoms with Gasteiger partial charge in [-0.05, 0) is 24.3 Å². The molecule has 0 heterocycles. The summed E-state index contributed by atoms with van der Waals surface area (Å²) in [6.45, 7) is 4.42. The van der Waals surface area contributed by atoms with E-state index < -0.39 is 6.04 Å². The van der Waals surface area contributed by atoms with Crippen LogP contribution in [-0.4, -0.2) is 38.1 Å². The maximum absolute atomic E-state index is 12.6. The van der Waals surface area contributed by atoms with Crippen LogP contribution in [0.3, 0.4) is 0 Å². The van der Waals surface area contributed by atoms with Crippen LogP contribution in [0.15, 0.2) is 30.3 Å². The van der Waals surface area contributed by atoms with Crippen molar-refractivity contribution >= 4 is 11.8 Å². The summed E-state index contributed by atoms with van der Waals surface area (Å²) in [5, 5.41) is 5.81. The zero-order chi connectivity index (χ0) is 17.6. The predicted octanol–water partition coefficient (Wildman–Crippen LogP) is 2.01. The van der Waals surface area contributed by atoms with E-state index in [0.29, 0.717) is 6.54 Å². The van der Waals surface area contributed by atoms with Crippen LogP contribution in [0.1, 0.15) is 38.7 Å². The van der Waals surface area contributed by atoms with E-state index in [1.54, 1.807) is 0 Å². The van der Waals surface area contributed by atoms with Gasteiger partial charge in [-0.15, -0.1) is 0 Å². The number of carbonyl (C=O) groups is 2. The van der Waals surface area contributed by atoms with Crippen LogP contribution in [0.4, 0.5) is 0 Å². The van der Waals surface area contributed by atoms with Crippen molar-refractivity contribution in [2.24, 2.45) is 5.92 Å². The molecule has 0 bridgehead atoms. The van der Waals surface area contributed by atoms with E-state index in [2.05, 4.69) is 22.8 Å². The summed E-state index contributed by atoms with van der Waals surface area (Å²) in [5.74, 6) is -0.385. The first kappa shape index (κ1) is 18.5. The highest BCUT2D eigenvalue weighted by Gasteiger charge is 2.39. The molecule has 0 radical (unpaired) electrons. The largest absolute Gasteiger partial charge is 0.375 e. The van der Waals surface area contributed by atoms with E-state index in [4.69, 9.17) is 4.74 Å². The summed E-state index contributed by atoms with van der Waals surface area (Å²) in [4.78, 5) is 24.3. The summed E-state index contributed by atoms with van der Waals surface area (Å²) in [7, 11) is 1.46. The molecule has 132 valence electrons. The van der Waals surface area contributed by atoms with Crippen LogP contribution in [0.25, 0.3) is 0 Å². The number of hydrogen-bond donors (Lipinski definition) is 2. The maximum atomic E-state index is 12.6. The number of amides is 2. The zero-order valence-corrected chi connectivity index (χ0v) is 14.8. The van der Waals surface area contributed by atoms with E-state index in [0.717, 1.165) is 12.8 Å². The maximum Gasteiger partial charge on any atom is 0.246 e. The lowest BCUT2D eigenvalue weighted by molar-refractivity contribution is -0.132. The first-order valence-electron chi connectivity index (χ1n) is 8.60. The first-order chi connectivity index (χ1) is 11.5. The fraction of sp³-hybridized carbons (Fsp3) is 0.579. The van der Waals surface area contributed by atoms with Gasteiger partial charge >= 0.3 is 0 Å². The molecule has 5 nitrogen and oxygen atoms in total. The number of nitrogens with one attached hydrogen (secondary N) is 2. The number of methoxy groups -OCH3 is 1. The Morgan fingerprint density at radius 1 is 1.21 bits per heavy atom. The number of rotatable bonds is 8. The molecule has 2 rings (SSSR count). The zero-order valence-electron chi connectivity index (χ0n) is 14.8. The Labute approximate surface area is 144 Å². The monoisotopic (exact) mass is 332 g/mol. The number of ether oxygens (including phenoxy) is 1. The number of benzene rings is 1. The lowest BCUT2D eigenvalue weighted by atomic mass is 9.64. The molecule has 2 amide bonds. The molecule has 5 heteroatoms. The highest BCUT2D eigenvalue weighted by Crippen LogP contribution is 2.43. The highest BCUT2D eigenvalue weighted by atomic mass is 16.5. The first-order valence-corrected chi connectivity index (χ1v) is 8.60. The van der Waals surface area contributed by atoms with Gasteiger partial charge in [0.25, 0.3) is 0 Å². The Morgan fingerprint density at radius 2 is 1.88 bits per heavy atom. The van der Waals surface area contributed by atoms with Crippen LogP contribution < -0.4 is 10.6 Å². The fourth-order valence-electron chi connectivity index (χ4n) is 3.21. The van der Waals surface area contributed by atoms with Crippen molar-refractivity contribution in [1.82, 2.24) is 10.6 Å². The average molecular weight is 332 g/mol. The smallest absolute Gasteiger partial charge is 0.246 e. The lowest BCUT2D eigenvalue weighted by Gasteiger charge is -2.43. The normalized spacial score (nSPS) is 17.0. The van der Waals surface area contributed by atoms with Gasteiger partial charge < -0.3 is 15.4 Å². The minimum atomic E-state index is -0.541. The minimum absolute atomic E-state index is 0.0138. The van der Waals surface area contributed by atoms with Gasteiger partial charge in [-0.3, -0.25) is 9.59 Å². The molecule has 1 aromatic rings. The van der Waals surface area contributed by atoms with E-state index in [1.807, 2.05) is 32.0 Å². The molecule has 1 fully saturated rings. The standard InChI is InChI=1S/C19H28N2O3/c1-14(2)17(21-16(22)12-24-3)18(23)20-13-19(10-7-11-19)15-8-5-4-6-9-15/h4-6,8-9,14,17H,7,10-13H2,1-3H3,(H,20,23)(H,21,22)/t17-/m0/s1. The van der Waals surface area contributed by atoms with Gasteiger partial charge in [-0.25, -0.2) is 0 Å². The van der Waals surface area contributed by atoms with Gasteiger partial charge in [0, 0.05) is 19.1 Å². The second-order valence-electron chi connectivity index (χ2n) is 6.94. The predicted molar refractivity (Wildman–Crippen MR) is 93.6 cm³/mol. The molecule has 0 aliphatic heterocycles. The van der Waals surface area contributed by atoms with Crippen LogP contribution in [0.2, 0.25) is 0 Å². The third-order valence-electron chi connectivity index (χ3n) is 4.84. The van der Waals surface area contributed by atoms with Gasteiger partial charge in [0.2, 0.25) is 11.8 Å². The molecule has 0 aromatic heterocycles. The molecule has 0 saturated heterocycles. The molecule has 1 aromatic carbocycles. The fourth-order valence-corrected chi connectivity index (χ4v) is 3.21. The molecule has 0 unspecified atom stereocenters. The summed E-state index contributed by atoms with van der Waals surface area (Å²) in [6.07, 6.45) is 3.35. The summed E-state index contributed by atoms with van der Waals surface area (Å²) < 4.78 is 4.82. The summed E-state index contributed by atoms with van der Waals surface area (Å²) in [6, 6.07) is 9.81. The van der Waals surface area contributed by atoms with E-state index in [-0.39, 0.29) is 29.8 Å². The van der Waals surface area contributed by atoms with E-state index >= 15 is 0 Å². The summed E-state index contributed by atoms with van der Waals surface area (Å²) >= 11 is 0. The third kappa shape index (κ3) is 4.35. The van der Waals surface area contributed by atoms with Crippen molar-refractivity contribution in [3.05, 3.63) is 35.9 Å². The summed E-state index contributed by atoms with van der Waals surface area (Å²) in [5.41, 5.74) is 1.32. The Morgan fingerprint density at radius 3 is 2.38 bits per heavy atom. The molecule has 24 heavy (non-hydrogen) atoms. The second-order valence-corrected chi connectivity index (χ2v) is 6.94. The Balaban J connectivity index is 1.98. The Kier molecular flexibility index (Phi) is 6.37. The van der Waals surface area contributed by atoms with Crippen LogP contribution >= 0.6 is 0 Å². The van der Waals surface area contributed by atoms with Crippen molar-refractivity contribution in [2.75, 3.05) is 20.3 Å². The van der Waals surface area contributed by atoms with E-state index in [1.165, 1.54) is 19.1 Å². The second kappa shape index (κ2) is 8.29. The van der Waals surface area contributed by atoms with Crippen molar-refractivity contribution in [2.45, 2.75) is 44.6 Å².